The number of phenols is 1. The van der Waals surface area contributed by atoms with Crippen LogP contribution < -0.4 is 5.32 Å². The van der Waals surface area contributed by atoms with E-state index in [2.05, 4.69) is 34.0 Å². The summed E-state index contributed by atoms with van der Waals surface area (Å²) in [6, 6.07) is 13.9. The van der Waals surface area contributed by atoms with Crippen molar-refractivity contribution < 1.29 is 9.90 Å². The van der Waals surface area contributed by atoms with Crippen molar-refractivity contribution in [3.63, 3.8) is 0 Å². The summed E-state index contributed by atoms with van der Waals surface area (Å²) >= 11 is 2.08. The predicted octanol–water partition coefficient (Wildman–Crippen LogP) is 3.32. The highest BCUT2D eigenvalue weighted by molar-refractivity contribution is 14.1. The first kappa shape index (κ1) is 14.3. The summed E-state index contributed by atoms with van der Waals surface area (Å²) in [6.45, 7) is 0. The number of nitrogens with zero attached hydrogens (tertiary/aromatic N) is 1. The lowest BCUT2D eigenvalue weighted by molar-refractivity contribution is 0.102. The van der Waals surface area contributed by atoms with Gasteiger partial charge in [0, 0.05) is 9.26 Å². The molecule has 0 spiro atoms. The first-order chi connectivity index (χ1) is 9.60. The van der Waals surface area contributed by atoms with Crippen LogP contribution in [0.2, 0.25) is 0 Å². The molecule has 1 amide bonds. The van der Waals surface area contributed by atoms with E-state index in [1.165, 1.54) is 6.07 Å². The predicted molar refractivity (Wildman–Crippen MR) is 84.5 cm³/mol. The van der Waals surface area contributed by atoms with Crippen molar-refractivity contribution in [2.24, 2.45) is 0 Å². The molecule has 0 fully saturated rings. The first-order valence-corrected chi connectivity index (χ1v) is 6.94. The lowest BCUT2D eigenvalue weighted by atomic mass is 10.1. The number of carbonyl (C=O) groups excluding carboxylic acids is 1. The molecular formula is C15H11IN2O2. The van der Waals surface area contributed by atoms with Gasteiger partial charge >= 0.3 is 0 Å². The fourth-order valence-corrected chi connectivity index (χ4v) is 2.18. The molecule has 0 heterocycles. The van der Waals surface area contributed by atoms with E-state index in [4.69, 9.17) is 5.26 Å². The number of halogens is 1. The van der Waals surface area contributed by atoms with Gasteiger partial charge in [0.15, 0.2) is 0 Å². The molecule has 20 heavy (non-hydrogen) atoms. The van der Waals surface area contributed by atoms with Gasteiger partial charge in [-0.05, 0) is 58.5 Å². The van der Waals surface area contributed by atoms with Crippen molar-refractivity contribution in [1.82, 2.24) is 0 Å². The van der Waals surface area contributed by atoms with Crippen molar-refractivity contribution in [3.05, 3.63) is 57.2 Å². The van der Waals surface area contributed by atoms with Crippen molar-refractivity contribution in [2.75, 3.05) is 5.32 Å². The monoisotopic (exact) mass is 378 g/mol. The van der Waals surface area contributed by atoms with Crippen LogP contribution in [0.4, 0.5) is 5.69 Å². The highest BCUT2D eigenvalue weighted by atomic mass is 127. The van der Waals surface area contributed by atoms with Gasteiger partial charge in [0.1, 0.15) is 5.75 Å². The third-order valence-electron chi connectivity index (χ3n) is 2.70. The largest absolute Gasteiger partial charge is 0.507 e. The maximum Gasteiger partial charge on any atom is 0.259 e. The molecule has 0 aromatic heterocycles. The van der Waals surface area contributed by atoms with E-state index in [1.54, 1.807) is 36.4 Å². The fourth-order valence-electron chi connectivity index (χ4n) is 1.69. The van der Waals surface area contributed by atoms with Crippen LogP contribution in [0.25, 0.3) is 0 Å². The Morgan fingerprint density at radius 3 is 2.60 bits per heavy atom. The van der Waals surface area contributed by atoms with Crippen LogP contribution in [0.3, 0.4) is 0 Å². The molecule has 0 saturated heterocycles. The lowest BCUT2D eigenvalue weighted by Gasteiger charge is -2.07. The number of phenolic OH excluding ortho intramolecular Hbond substituents is 1. The number of nitrogens with one attached hydrogen (secondary N) is 1. The van der Waals surface area contributed by atoms with E-state index in [0.29, 0.717) is 12.1 Å². The Bertz CT molecular complexity index is 675. The van der Waals surface area contributed by atoms with E-state index in [1.807, 2.05) is 0 Å². The van der Waals surface area contributed by atoms with Gasteiger partial charge < -0.3 is 10.4 Å². The fraction of sp³-hybridized carbons (Fsp3) is 0.0667. The zero-order valence-electron chi connectivity index (χ0n) is 10.4. The Hall–Kier alpha value is -2.07. The molecule has 0 aliphatic heterocycles. The summed E-state index contributed by atoms with van der Waals surface area (Å²) < 4.78 is 0.870. The number of hydrogen-bond donors (Lipinski definition) is 2. The molecule has 0 saturated carbocycles. The molecule has 2 rings (SSSR count). The second-order valence-corrected chi connectivity index (χ2v) is 5.39. The van der Waals surface area contributed by atoms with E-state index in [9.17, 15) is 9.90 Å². The third-order valence-corrected chi connectivity index (χ3v) is 3.37. The molecule has 0 radical (unpaired) electrons. The van der Waals surface area contributed by atoms with Gasteiger partial charge in [-0.15, -0.1) is 0 Å². The maximum absolute atomic E-state index is 12.1. The van der Waals surface area contributed by atoms with Gasteiger partial charge in [0.05, 0.1) is 18.1 Å². The second kappa shape index (κ2) is 6.39. The molecule has 0 unspecified atom stereocenters. The molecule has 2 N–H and O–H groups in total. The average Bonchev–Trinajstić information content (AvgIpc) is 2.44. The van der Waals surface area contributed by atoms with Crippen LogP contribution in [0.5, 0.6) is 5.75 Å². The minimum absolute atomic E-state index is 0.0518. The lowest BCUT2D eigenvalue weighted by Crippen LogP contribution is -2.12. The average molecular weight is 378 g/mol. The third kappa shape index (κ3) is 3.48. The quantitative estimate of drug-likeness (QED) is 0.805. The van der Waals surface area contributed by atoms with Gasteiger partial charge in [-0.2, -0.15) is 5.26 Å². The zero-order chi connectivity index (χ0) is 14.5. The van der Waals surface area contributed by atoms with Crippen molar-refractivity contribution in [1.29, 1.82) is 5.26 Å². The molecule has 2 aromatic carbocycles. The van der Waals surface area contributed by atoms with Gasteiger partial charge in [0.2, 0.25) is 0 Å². The van der Waals surface area contributed by atoms with Crippen LogP contribution >= 0.6 is 22.6 Å². The topological polar surface area (TPSA) is 73.1 Å². The molecular weight excluding hydrogens is 367 g/mol. The van der Waals surface area contributed by atoms with E-state index in [0.717, 1.165) is 9.13 Å². The maximum atomic E-state index is 12.1. The first-order valence-electron chi connectivity index (χ1n) is 5.86. The van der Waals surface area contributed by atoms with E-state index < -0.39 is 0 Å². The summed E-state index contributed by atoms with van der Waals surface area (Å²) in [4.78, 5) is 12.1. The number of nitriles is 1. The number of carbonyl (C=O) groups is 1. The van der Waals surface area contributed by atoms with E-state index in [-0.39, 0.29) is 17.2 Å². The van der Waals surface area contributed by atoms with Gasteiger partial charge in [0.25, 0.3) is 5.91 Å². The van der Waals surface area contributed by atoms with Crippen molar-refractivity contribution >= 4 is 34.2 Å². The molecule has 0 atom stereocenters. The SMILES string of the molecule is N#CCc1ccc(NC(=O)c2cc(I)ccc2O)cc1. The summed E-state index contributed by atoms with van der Waals surface area (Å²) in [5.41, 5.74) is 1.75. The van der Waals surface area contributed by atoms with Crippen LogP contribution in [-0.4, -0.2) is 11.0 Å². The highest BCUT2D eigenvalue weighted by Gasteiger charge is 2.11. The number of benzene rings is 2. The molecule has 100 valence electrons. The Balaban J connectivity index is 2.15. The van der Waals surface area contributed by atoms with Crippen LogP contribution in [0, 0.1) is 14.9 Å². The molecule has 0 aliphatic rings. The van der Waals surface area contributed by atoms with Crippen LogP contribution in [0.1, 0.15) is 15.9 Å². The van der Waals surface area contributed by atoms with Gasteiger partial charge in [-0.1, -0.05) is 12.1 Å². The number of amides is 1. The van der Waals surface area contributed by atoms with Crippen LogP contribution in [-0.2, 0) is 6.42 Å². The zero-order valence-corrected chi connectivity index (χ0v) is 12.6. The Morgan fingerprint density at radius 2 is 1.95 bits per heavy atom. The summed E-state index contributed by atoms with van der Waals surface area (Å²) in [6.07, 6.45) is 0.339. The summed E-state index contributed by atoms with van der Waals surface area (Å²) in [7, 11) is 0. The van der Waals surface area contributed by atoms with E-state index >= 15 is 0 Å². The number of hydrogen-bond acceptors (Lipinski definition) is 3. The molecule has 4 nitrogen and oxygen atoms in total. The summed E-state index contributed by atoms with van der Waals surface area (Å²) in [5, 5.41) is 21.0. The van der Waals surface area contributed by atoms with Crippen molar-refractivity contribution in [3.8, 4) is 11.8 Å². The second-order valence-electron chi connectivity index (χ2n) is 4.15. The minimum Gasteiger partial charge on any atom is -0.507 e. The normalized spacial score (nSPS) is 9.80. The van der Waals surface area contributed by atoms with Gasteiger partial charge in [-0.25, -0.2) is 0 Å². The van der Waals surface area contributed by atoms with Gasteiger partial charge in [-0.3, -0.25) is 4.79 Å². The Morgan fingerprint density at radius 1 is 1.25 bits per heavy atom. The molecule has 5 heteroatoms. The Kier molecular flexibility index (Phi) is 4.58. The number of rotatable bonds is 3. The molecule has 0 aliphatic carbocycles. The smallest absolute Gasteiger partial charge is 0.259 e. The number of aromatic hydroxyl groups is 1. The molecule has 0 bridgehead atoms. The highest BCUT2D eigenvalue weighted by Crippen LogP contribution is 2.21. The molecule has 2 aromatic rings. The summed E-state index contributed by atoms with van der Waals surface area (Å²) in [5.74, 6) is -0.418. The standard InChI is InChI=1S/C15H11IN2O2/c16-11-3-6-14(19)13(9-11)15(20)18-12-4-1-10(2-5-12)7-8-17/h1-6,9,19H,7H2,(H,18,20). The minimum atomic E-state index is -0.367. The Labute approximate surface area is 130 Å². The van der Waals surface area contributed by atoms with Crippen LogP contribution in [0.15, 0.2) is 42.5 Å². The van der Waals surface area contributed by atoms with Crippen molar-refractivity contribution in [2.45, 2.75) is 6.42 Å². The number of anilines is 1.